The van der Waals surface area contributed by atoms with Crippen molar-refractivity contribution in [3.63, 3.8) is 0 Å². The minimum Gasteiger partial charge on any atom is -0.306 e. The predicted octanol–water partition coefficient (Wildman–Crippen LogP) is 31.4. The molecule has 6 aromatic heterocycles. The van der Waals surface area contributed by atoms with Crippen LogP contribution < -0.4 is 0 Å². The molecule has 18 heteroatoms. The lowest BCUT2D eigenvalue weighted by Gasteiger charge is -2.29. The van der Waals surface area contributed by atoms with Crippen LogP contribution in [-0.4, -0.2) is 78.0 Å². The number of hydrogen-bond acceptors (Lipinski definition) is 14. The number of amides is 4. The summed E-state index contributed by atoms with van der Waals surface area (Å²) in [6.07, 6.45) is 57.3. The van der Waals surface area contributed by atoms with E-state index >= 15 is 9.59 Å². The fourth-order valence-electron chi connectivity index (χ4n) is 16.3. The van der Waals surface area contributed by atoms with Gasteiger partial charge in [-0.25, -0.2) is 0 Å². The van der Waals surface area contributed by atoms with Crippen LogP contribution in [0.3, 0.4) is 0 Å². The third-order valence-electron chi connectivity index (χ3n) is 22.8. The number of fused-ring (bicyclic) bond motifs is 1. The van der Waals surface area contributed by atoms with Crippen LogP contribution in [0.15, 0.2) is 93.8 Å². The number of hydrogen-bond donors (Lipinski definition) is 0. The maximum Gasteiger partial charge on any atom is 0.266 e. The molecule has 0 aromatic carbocycles. The van der Waals surface area contributed by atoms with E-state index in [-0.39, 0.29) is 23.6 Å². The summed E-state index contributed by atoms with van der Waals surface area (Å²) in [5.74, 6) is 0.614. The molecule has 4 aliphatic rings. The summed E-state index contributed by atoms with van der Waals surface area (Å²) in [5.41, 5.74) is 2.83. The summed E-state index contributed by atoms with van der Waals surface area (Å²) in [6.45, 7) is 16.2. The second-order valence-corrected chi connectivity index (χ2v) is 41.8. The molecule has 10 rings (SSSR count). The van der Waals surface area contributed by atoms with Gasteiger partial charge in [-0.1, -0.05) is 333 Å². The summed E-state index contributed by atoms with van der Waals surface area (Å²) in [5, 5.41) is 0. The summed E-state index contributed by atoms with van der Waals surface area (Å²) in [7, 11) is 0. The highest BCUT2D eigenvalue weighted by Gasteiger charge is 2.50. The molecule has 0 aliphatic carbocycles. The first-order valence-corrected chi connectivity index (χ1v) is 51.5. The highest BCUT2D eigenvalue weighted by Crippen LogP contribution is 2.53. The zero-order valence-corrected chi connectivity index (χ0v) is 76.8. The Morgan fingerprint density at radius 3 is 0.795 bits per heavy atom. The van der Waals surface area contributed by atoms with Crippen molar-refractivity contribution in [2.45, 2.75) is 324 Å². The topological polar surface area (TPSA) is 81.2 Å². The van der Waals surface area contributed by atoms with Gasteiger partial charge in [-0.05, 0) is 135 Å². The minimum absolute atomic E-state index is 0.0148. The molecular weight excluding hydrogens is 1570 g/mol. The second kappa shape index (κ2) is 49.3. The summed E-state index contributed by atoms with van der Waals surface area (Å²) >= 11 is 24.8. The van der Waals surface area contributed by atoms with E-state index in [1.807, 2.05) is 12.2 Å². The monoisotopic (exact) mass is 1700 g/mol. The van der Waals surface area contributed by atoms with Crippen molar-refractivity contribution in [1.29, 1.82) is 0 Å². The van der Waals surface area contributed by atoms with Crippen molar-refractivity contribution in [2.24, 2.45) is 11.8 Å². The van der Waals surface area contributed by atoms with Crippen LogP contribution in [-0.2, 0) is 19.2 Å². The van der Waals surface area contributed by atoms with Gasteiger partial charge in [0.25, 0.3) is 23.6 Å². The molecule has 0 radical (unpaired) electrons. The Kier molecular flexibility index (Phi) is 39.8. The normalized spacial score (nSPS) is 16.1. The summed E-state index contributed by atoms with van der Waals surface area (Å²) < 4.78 is 1.31. The van der Waals surface area contributed by atoms with Gasteiger partial charge in [0.05, 0.1) is 42.1 Å². The van der Waals surface area contributed by atoms with Crippen LogP contribution in [0.5, 0.6) is 0 Å². The van der Waals surface area contributed by atoms with Crippen LogP contribution >= 0.6 is 116 Å². The van der Waals surface area contributed by atoms with Crippen molar-refractivity contribution in [3.8, 4) is 39.0 Å². The molecule has 2 atom stereocenters. The quantitative estimate of drug-likeness (QED) is 0.0212. The van der Waals surface area contributed by atoms with Crippen molar-refractivity contribution in [2.75, 3.05) is 26.2 Å². The Morgan fingerprint density at radius 1 is 0.277 bits per heavy atom. The maximum absolute atomic E-state index is 16.6. The number of rotatable bonds is 58. The van der Waals surface area contributed by atoms with Crippen LogP contribution in [0.4, 0.5) is 0 Å². The van der Waals surface area contributed by atoms with Gasteiger partial charge < -0.3 is 9.80 Å². The van der Waals surface area contributed by atoms with Crippen LogP contribution in [0.25, 0.3) is 62.6 Å². The Hall–Kier alpha value is -4.08. The first kappa shape index (κ1) is 90.2. The van der Waals surface area contributed by atoms with Crippen LogP contribution in [0.1, 0.15) is 344 Å². The van der Waals surface area contributed by atoms with Crippen molar-refractivity contribution >= 4 is 172 Å². The highest BCUT2D eigenvalue weighted by atomic mass is 32.2. The van der Waals surface area contributed by atoms with E-state index in [1.54, 1.807) is 77.8 Å². The Labute approximate surface area is 718 Å². The molecule has 2 unspecified atom stereocenters. The van der Waals surface area contributed by atoms with Crippen LogP contribution in [0, 0.1) is 11.8 Å². The van der Waals surface area contributed by atoms with Crippen molar-refractivity contribution in [1.82, 2.24) is 19.6 Å². The first-order valence-electron chi connectivity index (χ1n) is 44.1. The Morgan fingerprint density at radius 2 is 0.509 bits per heavy atom. The van der Waals surface area contributed by atoms with E-state index in [1.165, 1.54) is 239 Å². The number of carbonyl (C=O) groups is 4. The lowest BCUT2D eigenvalue weighted by atomic mass is 9.93. The SMILES string of the molecule is CCCCCCCCCCC(CCCCCCCC)CN1C(=O)C2=C(c3ccc(-c4ccc(-c5ccc(/C=C6\SC(=S)N(CCCCCCCC)C6=O)s5)s4)s3)N(CC(CCCCCCCC)CCCCCCCCCC)C(=O)C2=C1c1ccc(-c2ccc(-c3ccc(/C=C4\SC(=S)N(CCCCCCCC)C4=O)s3)s2)s1. The molecular formula is C94H130N4O4S10. The predicted molar refractivity (Wildman–Crippen MR) is 503 cm³/mol. The molecule has 0 N–H and O–H groups in total. The van der Waals surface area contributed by atoms with Crippen molar-refractivity contribution in [3.05, 3.63) is 113 Å². The van der Waals surface area contributed by atoms with E-state index < -0.39 is 0 Å². The summed E-state index contributed by atoms with van der Waals surface area (Å²) in [6, 6.07) is 26.5. The van der Waals surface area contributed by atoms with E-state index in [0.717, 1.165) is 137 Å². The van der Waals surface area contributed by atoms with E-state index in [0.29, 0.717) is 67.6 Å². The molecule has 0 saturated carbocycles. The zero-order chi connectivity index (χ0) is 78.8. The molecule has 2 saturated heterocycles. The molecule has 0 bridgehead atoms. The van der Waals surface area contributed by atoms with Gasteiger partial charge in [-0.15, -0.1) is 68.0 Å². The number of thiocarbonyl (C=S) groups is 2. The third-order valence-corrected chi connectivity index (χ3v) is 32.8. The smallest absolute Gasteiger partial charge is 0.266 e. The number of nitrogens with zero attached hydrogens (tertiary/aromatic N) is 4. The van der Waals surface area contributed by atoms with Crippen molar-refractivity contribution < 1.29 is 19.2 Å². The Balaban J connectivity index is 0.987. The molecule has 10 heterocycles. The van der Waals surface area contributed by atoms with Crippen LogP contribution in [0.2, 0.25) is 0 Å². The molecule has 112 heavy (non-hydrogen) atoms. The molecule has 8 nitrogen and oxygen atoms in total. The Bertz CT molecular complexity index is 3810. The lowest BCUT2D eigenvalue weighted by Crippen LogP contribution is -2.34. The van der Waals surface area contributed by atoms with E-state index in [2.05, 4.69) is 124 Å². The number of thiophene rings is 6. The lowest BCUT2D eigenvalue weighted by molar-refractivity contribution is -0.124. The fourth-order valence-corrected chi connectivity index (χ4v) is 25.4. The molecule has 610 valence electrons. The average Bonchev–Trinajstić information content (AvgIpc) is 1.55. The van der Waals surface area contributed by atoms with Gasteiger partial charge >= 0.3 is 0 Å². The van der Waals surface area contributed by atoms with Gasteiger partial charge in [0.2, 0.25) is 0 Å². The molecule has 2 fully saturated rings. The number of unbranched alkanes of at least 4 members (excludes halogenated alkanes) is 34. The molecule has 0 spiro atoms. The van der Waals surface area contributed by atoms with Gasteiger partial charge in [-0.3, -0.25) is 29.0 Å². The summed E-state index contributed by atoms with van der Waals surface area (Å²) in [4.78, 5) is 83.1. The second-order valence-electron chi connectivity index (χ2n) is 31.9. The van der Waals surface area contributed by atoms with Gasteiger partial charge in [0.1, 0.15) is 8.64 Å². The number of carbonyl (C=O) groups excluding carboxylic acids is 4. The van der Waals surface area contributed by atoms with Gasteiger partial charge in [0.15, 0.2) is 0 Å². The average molecular weight is 1700 g/mol. The molecule has 6 aromatic rings. The third kappa shape index (κ3) is 26.5. The maximum atomic E-state index is 16.6. The minimum atomic E-state index is -0.0148. The van der Waals surface area contributed by atoms with E-state index in [9.17, 15) is 9.59 Å². The fraction of sp³-hybridized carbons (Fsp3) is 0.596. The first-order chi connectivity index (χ1) is 54.9. The number of thioether (sulfide) groups is 2. The molecule has 4 amide bonds. The van der Waals surface area contributed by atoms with E-state index in [4.69, 9.17) is 24.4 Å². The van der Waals surface area contributed by atoms with Gasteiger partial charge in [-0.2, -0.15) is 0 Å². The largest absolute Gasteiger partial charge is 0.306 e. The van der Waals surface area contributed by atoms with Gasteiger partial charge in [0, 0.05) is 75.0 Å². The highest BCUT2D eigenvalue weighted by molar-refractivity contribution is 8.27. The zero-order valence-electron chi connectivity index (χ0n) is 68.7. The standard InChI is InChI=1S/C94H130N4O4S10/c1-7-13-19-25-31-33-37-43-49-69(47-41-35-27-21-15-9-3)67-97-87(81-61-59-79(109-81)77-57-55-75(107-77)73-53-51-71(105-73)65-83-89(99)95(93(103)111-83)63-45-39-29-23-17-11-5)85-86(91(97)101)88(98(92(85)102)68-70(48-42-36-28-22-16-10-4)50-44-38-34-32-26-20-14-8-2)82-62-60-80(110-82)78-58-56-76(108-78)74-54-52-72(106-74)66-84-90(100)96(94(104)112-84)64-46-40-30-24-18-12-6/h51-62,65-66,69-70H,7-50,63-64,67-68H2,1-6H3/b83-65-,84-66-. The molecule has 4 aliphatic heterocycles.